The Bertz CT molecular complexity index is 392. The van der Waals surface area contributed by atoms with Crippen molar-refractivity contribution in [3.8, 4) is 0 Å². The van der Waals surface area contributed by atoms with Crippen LogP contribution in [-0.4, -0.2) is 68.2 Å². The van der Waals surface area contributed by atoms with Crippen molar-refractivity contribution in [2.45, 2.75) is 6.42 Å². The normalized spacial score (nSPS) is 10.7. The zero-order valence-corrected chi connectivity index (χ0v) is 12.4. The van der Waals surface area contributed by atoms with E-state index in [0.29, 0.717) is 17.8 Å². The lowest BCUT2D eigenvalue weighted by atomic mass is 10.4. The van der Waals surface area contributed by atoms with Crippen LogP contribution in [-0.2, 0) is 0 Å². The third kappa shape index (κ3) is 4.84. The summed E-state index contributed by atoms with van der Waals surface area (Å²) in [7, 11) is 9.84. The molecule has 1 aromatic rings. The second kappa shape index (κ2) is 7.05. The number of nitrogens with zero attached hydrogens (tertiary/aromatic N) is 6. The Morgan fingerprint density at radius 2 is 1.58 bits per heavy atom. The average Bonchev–Trinajstić information content (AvgIpc) is 2.37. The van der Waals surface area contributed by atoms with Gasteiger partial charge in [0.05, 0.1) is 0 Å². The van der Waals surface area contributed by atoms with Crippen molar-refractivity contribution >= 4 is 17.8 Å². The molecule has 8 heteroatoms. The summed E-state index contributed by atoms with van der Waals surface area (Å²) in [6.07, 6.45) is 1.04. The van der Waals surface area contributed by atoms with Crippen LogP contribution in [0.2, 0.25) is 0 Å². The Labute approximate surface area is 114 Å². The first-order chi connectivity index (χ1) is 8.93. The van der Waals surface area contributed by atoms with E-state index >= 15 is 0 Å². The molecule has 0 unspecified atom stereocenters. The van der Waals surface area contributed by atoms with E-state index in [1.807, 2.05) is 30.9 Å². The van der Waals surface area contributed by atoms with E-state index in [1.54, 1.807) is 0 Å². The van der Waals surface area contributed by atoms with Gasteiger partial charge in [-0.05, 0) is 27.1 Å². The summed E-state index contributed by atoms with van der Waals surface area (Å²) >= 11 is 0. The average molecular weight is 268 g/mol. The Morgan fingerprint density at radius 1 is 0.947 bits per heavy atom. The second-order valence-electron chi connectivity index (χ2n) is 4.88. The van der Waals surface area contributed by atoms with E-state index < -0.39 is 0 Å². The first-order valence-electron chi connectivity index (χ1n) is 6.20. The Balaban J connectivity index is 2.77. The molecule has 1 heterocycles. The van der Waals surface area contributed by atoms with Crippen molar-refractivity contribution in [1.82, 2.24) is 19.9 Å². The maximum absolute atomic E-state index is 5.38. The Kier molecular flexibility index (Phi) is 5.71. The fraction of sp³-hybridized carbons (Fsp3) is 0.727. The van der Waals surface area contributed by atoms with Crippen LogP contribution in [0.1, 0.15) is 6.42 Å². The minimum Gasteiger partial charge on any atom is -0.347 e. The first kappa shape index (κ1) is 15.4. The fourth-order valence-electron chi connectivity index (χ4n) is 1.51. The molecule has 0 atom stereocenters. The van der Waals surface area contributed by atoms with Gasteiger partial charge in [0.2, 0.25) is 17.8 Å². The smallest absolute Gasteiger partial charge is 0.243 e. The number of anilines is 3. The van der Waals surface area contributed by atoms with E-state index in [9.17, 15) is 0 Å². The summed E-state index contributed by atoms with van der Waals surface area (Å²) in [5.74, 6) is 6.95. The molecule has 8 nitrogen and oxygen atoms in total. The number of hydrogen-bond donors (Lipinski definition) is 2. The molecule has 0 fully saturated rings. The van der Waals surface area contributed by atoms with Crippen LogP contribution in [0.15, 0.2) is 0 Å². The molecule has 0 saturated heterocycles. The molecule has 0 saturated carbocycles. The molecular weight excluding hydrogens is 244 g/mol. The fourth-order valence-corrected chi connectivity index (χ4v) is 1.51. The van der Waals surface area contributed by atoms with E-state index in [2.05, 4.69) is 39.4 Å². The highest BCUT2D eigenvalue weighted by molar-refractivity contribution is 5.43. The number of nitrogen functional groups attached to an aromatic ring is 1. The van der Waals surface area contributed by atoms with Crippen LogP contribution in [0.5, 0.6) is 0 Å². The van der Waals surface area contributed by atoms with Gasteiger partial charge in [0.15, 0.2) is 0 Å². The zero-order chi connectivity index (χ0) is 14.4. The molecular formula is C11H24N8. The molecule has 0 radical (unpaired) electrons. The highest BCUT2D eigenvalue weighted by Gasteiger charge is 2.11. The third-order valence-corrected chi connectivity index (χ3v) is 2.58. The van der Waals surface area contributed by atoms with E-state index in [0.717, 1.165) is 19.5 Å². The molecule has 3 N–H and O–H groups in total. The SMILES string of the molecule is CN(C)CCCN(C)c1nc(NN)nc(N(C)C)n1. The maximum atomic E-state index is 5.38. The van der Waals surface area contributed by atoms with Crippen molar-refractivity contribution in [1.29, 1.82) is 0 Å². The third-order valence-electron chi connectivity index (χ3n) is 2.58. The molecule has 0 aliphatic carbocycles. The van der Waals surface area contributed by atoms with Crippen LogP contribution < -0.4 is 21.1 Å². The summed E-state index contributed by atoms with van der Waals surface area (Å²) in [6.45, 7) is 1.90. The molecule has 0 aromatic carbocycles. The predicted octanol–water partition coefficient (Wildman–Crippen LogP) is -0.389. The molecule has 108 valence electrons. The molecule has 0 aliphatic heterocycles. The van der Waals surface area contributed by atoms with Crippen molar-refractivity contribution in [3.05, 3.63) is 0 Å². The van der Waals surface area contributed by atoms with Gasteiger partial charge in [-0.3, -0.25) is 5.43 Å². The zero-order valence-electron chi connectivity index (χ0n) is 12.4. The largest absolute Gasteiger partial charge is 0.347 e. The molecule has 0 spiro atoms. The van der Waals surface area contributed by atoms with Gasteiger partial charge in [-0.15, -0.1) is 0 Å². The molecule has 0 amide bonds. The minimum atomic E-state index is 0.369. The van der Waals surface area contributed by atoms with Gasteiger partial charge in [0, 0.05) is 27.7 Å². The predicted molar refractivity (Wildman–Crippen MR) is 78.4 cm³/mol. The molecule has 19 heavy (non-hydrogen) atoms. The quantitative estimate of drug-likeness (QED) is 0.511. The molecule has 0 bridgehead atoms. The summed E-state index contributed by atoms with van der Waals surface area (Å²) in [6, 6.07) is 0. The lowest BCUT2D eigenvalue weighted by Gasteiger charge is -2.20. The number of aromatic nitrogens is 3. The number of rotatable bonds is 7. The van der Waals surface area contributed by atoms with E-state index in [1.165, 1.54) is 0 Å². The van der Waals surface area contributed by atoms with Crippen LogP contribution in [0.4, 0.5) is 17.8 Å². The van der Waals surface area contributed by atoms with Crippen LogP contribution in [0.3, 0.4) is 0 Å². The minimum absolute atomic E-state index is 0.369. The summed E-state index contributed by atoms with van der Waals surface area (Å²) in [5, 5.41) is 0. The van der Waals surface area contributed by atoms with Gasteiger partial charge in [-0.2, -0.15) is 15.0 Å². The summed E-state index contributed by atoms with van der Waals surface area (Å²) in [5.41, 5.74) is 2.47. The second-order valence-corrected chi connectivity index (χ2v) is 4.88. The Hall–Kier alpha value is -1.67. The van der Waals surface area contributed by atoms with Crippen molar-refractivity contribution in [3.63, 3.8) is 0 Å². The van der Waals surface area contributed by atoms with Gasteiger partial charge in [-0.1, -0.05) is 0 Å². The van der Waals surface area contributed by atoms with E-state index in [4.69, 9.17) is 5.84 Å². The van der Waals surface area contributed by atoms with E-state index in [-0.39, 0.29) is 0 Å². The van der Waals surface area contributed by atoms with Crippen molar-refractivity contribution in [2.75, 3.05) is 63.6 Å². The maximum Gasteiger partial charge on any atom is 0.243 e. The first-order valence-corrected chi connectivity index (χ1v) is 6.20. The summed E-state index contributed by atoms with van der Waals surface area (Å²) < 4.78 is 0. The lowest BCUT2D eigenvalue weighted by molar-refractivity contribution is 0.401. The van der Waals surface area contributed by atoms with Crippen molar-refractivity contribution < 1.29 is 0 Å². The lowest BCUT2D eigenvalue weighted by Crippen LogP contribution is -2.27. The van der Waals surface area contributed by atoms with Crippen molar-refractivity contribution in [2.24, 2.45) is 5.84 Å². The highest BCUT2D eigenvalue weighted by atomic mass is 15.4. The van der Waals surface area contributed by atoms with Gasteiger partial charge in [0.25, 0.3) is 0 Å². The standard InChI is InChI=1S/C11H24N8/c1-17(2)7-6-8-19(5)11-14-9(16-12)13-10(15-11)18(3)4/h6-8,12H2,1-5H3,(H,13,14,15,16). The molecule has 1 rings (SSSR count). The van der Waals surface area contributed by atoms with Gasteiger partial charge in [-0.25, -0.2) is 5.84 Å². The molecule has 1 aromatic heterocycles. The van der Waals surface area contributed by atoms with Gasteiger partial charge < -0.3 is 14.7 Å². The Morgan fingerprint density at radius 3 is 2.11 bits per heavy atom. The highest BCUT2D eigenvalue weighted by Crippen LogP contribution is 2.13. The van der Waals surface area contributed by atoms with Gasteiger partial charge in [0.1, 0.15) is 0 Å². The number of nitrogens with two attached hydrogens (primary N) is 1. The topological polar surface area (TPSA) is 86.4 Å². The van der Waals surface area contributed by atoms with Crippen LogP contribution >= 0.6 is 0 Å². The van der Waals surface area contributed by atoms with Gasteiger partial charge >= 0.3 is 0 Å². The number of hydrazine groups is 1. The summed E-state index contributed by atoms with van der Waals surface area (Å²) in [4.78, 5) is 18.8. The number of hydrogen-bond acceptors (Lipinski definition) is 8. The number of nitrogens with one attached hydrogen (secondary N) is 1. The monoisotopic (exact) mass is 268 g/mol. The molecule has 0 aliphatic rings. The van der Waals surface area contributed by atoms with Crippen LogP contribution in [0.25, 0.3) is 0 Å². The van der Waals surface area contributed by atoms with Crippen LogP contribution in [0, 0.1) is 0 Å².